The molecule has 74 valence electrons. The van der Waals surface area contributed by atoms with Gasteiger partial charge in [-0.25, -0.2) is 24.3 Å². The van der Waals surface area contributed by atoms with E-state index in [1.54, 1.807) is 0 Å². The number of rotatable bonds is 0. The van der Waals surface area contributed by atoms with Crippen LogP contribution >= 0.6 is 0 Å². The standard InChI is InChI=1S/2C5H5.2CH3.Pt/c2*1-2-4-5-3-1;;;/h2*1-5H;2*1H3;/q4*-1;+4. The topological polar surface area (TPSA) is 0 Å². The van der Waals surface area contributed by atoms with Gasteiger partial charge in [0.15, 0.2) is 0 Å². The second-order valence-corrected chi connectivity index (χ2v) is 1.92. The van der Waals surface area contributed by atoms with E-state index in [1.807, 2.05) is 60.7 Å². The van der Waals surface area contributed by atoms with Crippen LogP contribution < -0.4 is 0 Å². The molecule has 0 aliphatic rings. The van der Waals surface area contributed by atoms with Crippen LogP contribution in [0.5, 0.6) is 0 Å². The first-order chi connectivity index (χ1) is 5.00. The van der Waals surface area contributed by atoms with Crippen molar-refractivity contribution < 1.29 is 21.1 Å². The first kappa shape index (κ1) is 18.2. The van der Waals surface area contributed by atoms with E-state index in [9.17, 15) is 0 Å². The normalized spacial score (nSPS) is 6.15. The molecule has 2 aromatic carbocycles. The van der Waals surface area contributed by atoms with Gasteiger partial charge in [0.25, 0.3) is 0 Å². The summed E-state index contributed by atoms with van der Waals surface area (Å²) in [5.41, 5.74) is 0. The molecule has 0 bridgehead atoms. The van der Waals surface area contributed by atoms with Crippen molar-refractivity contribution in [2.45, 2.75) is 0 Å². The van der Waals surface area contributed by atoms with Crippen LogP contribution in [0.1, 0.15) is 0 Å². The van der Waals surface area contributed by atoms with E-state index >= 15 is 0 Å². The van der Waals surface area contributed by atoms with Gasteiger partial charge in [-0.15, -0.1) is 0 Å². The molecule has 0 nitrogen and oxygen atoms in total. The van der Waals surface area contributed by atoms with Crippen molar-refractivity contribution in [1.29, 1.82) is 0 Å². The first-order valence-electron chi connectivity index (χ1n) is 3.33. The third-order valence-corrected chi connectivity index (χ3v) is 1.11. The molecule has 0 aromatic heterocycles. The molecule has 0 saturated heterocycles. The average molecular weight is 355 g/mol. The third-order valence-electron chi connectivity index (χ3n) is 1.11. The van der Waals surface area contributed by atoms with E-state index in [-0.39, 0.29) is 35.9 Å². The quantitative estimate of drug-likeness (QED) is 0.632. The zero-order chi connectivity index (χ0) is 7.07. The summed E-state index contributed by atoms with van der Waals surface area (Å²) in [6, 6.07) is 20.0. The van der Waals surface area contributed by atoms with Crippen LogP contribution in [0.4, 0.5) is 0 Å². The molecule has 0 saturated carbocycles. The fourth-order valence-electron chi connectivity index (χ4n) is 0.642. The summed E-state index contributed by atoms with van der Waals surface area (Å²) < 4.78 is 0. The van der Waals surface area contributed by atoms with Gasteiger partial charge < -0.3 is 14.9 Å². The summed E-state index contributed by atoms with van der Waals surface area (Å²) in [4.78, 5) is 0. The van der Waals surface area contributed by atoms with Gasteiger partial charge in [-0.2, -0.15) is 36.4 Å². The van der Waals surface area contributed by atoms with Crippen molar-refractivity contribution in [3.8, 4) is 0 Å². The zero-order valence-corrected chi connectivity index (χ0v) is 10.4. The molecule has 0 aliphatic heterocycles. The van der Waals surface area contributed by atoms with Gasteiger partial charge in [-0.1, -0.05) is 0 Å². The van der Waals surface area contributed by atoms with E-state index < -0.39 is 0 Å². The van der Waals surface area contributed by atoms with Crippen LogP contribution in [0.2, 0.25) is 0 Å². The molecule has 0 N–H and O–H groups in total. The summed E-state index contributed by atoms with van der Waals surface area (Å²) in [5.74, 6) is 0. The van der Waals surface area contributed by atoms with Gasteiger partial charge >= 0.3 is 21.1 Å². The van der Waals surface area contributed by atoms with Gasteiger partial charge in [0.2, 0.25) is 0 Å². The van der Waals surface area contributed by atoms with E-state index in [4.69, 9.17) is 0 Å². The first-order valence-corrected chi connectivity index (χ1v) is 3.33. The zero-order valence-electron chi connectivity index (χ0n) is 8.09. The van der Waals surface area contributed by atoms with Crippen LogP contribution in [0, 0.1) is 14.9 Å². The summed E-state index contributed by atoms with van der Waals surface area (Å²) in [5, 5.41) is 0. The monoisotopic (exact) mass is 355 g/mol. The maximum atomic E-state index is 2.00. The Balaban J connectivity index is -0.000000125. The fourth-order valence-corrected chi connectivity index (χ4v) is 0.642. The van der Waals surface area contributed by atoms with Crippen molar-refractivity contribution in [3.05, 3.63) is 75.5 Å². The molecule has 0 unspecified atom stereocenters. The Bertz CT molecular complexity index is 144. The molecule has 1 heteroatoms. The van der Waals surface area contributed by atoms with Crippen molar-refractivity contribution in [1.82, 2.24) is 0 Å². The minimum Gasteiger partial charge on any atom is -0.358 e. The Morgan fingerprint density at radius 1 is 0.538 bits per heavy atom. The van der Waals surface area contributed by atoms with Crippen molar-refractivity contribution in [2.75, 3.05) is 0 Å². The Labute approximate surface area is 96.6 Å². The molecular weight excluding hydrogens is 339 g/mol. The van der Waals surface area contributed by atoms with Gasteiger partial charge in [0.05, 0.1) is 0 Å². The predicted molar refractivity (Wildman–Crippen MR) is 56.9 cm³/mol. The molecule has 0 atom stereocenters. The fraction of sp³-hybridized carbons (Fsp3) is 0. The van der Waals surface area contributed by atoms with Crippen molar-refractivity contribution >= 4 is 0 Å². The molecule has 0 amide bonds. The molecule has 0 spiro atoms. The predicted octanol–water partition coefficient (Wildman–Crippen LogP) is 3.71. The summed E-state index contributed by atoms with van der Waals surface area (Å²) in [6.07, 6.45) is 0. The Kier molecular flexibility index (Phi) is 19.6. The molecular formula is C12H16Pt. The van der Waals surface area contributed by atoms with E-state index in [0.717, 1.165) is 0 Å². The maximum absolute atomic E-state index is 2.00. The Hall–Kier alpha value is -0.612. The smallest absolute Gasteiger partial charge is 0.358 e. The van der Waals surface area contributed by atoms with Gasteiger partial charge in [0, 0.05) is 0 Å². The van der Waals surface area contributed by atoms with E-state index in [2.05, 4.69) is 0 Å². The van der Waals surface area contributed by atoms with Crippen LogP contribution in [0.15, 0.2) is 60.7 Å². The molecule has 13 heavy (non-hydrogen) atoms. The van der Waals surface area contributed by atoms with Crippen LogP contribution in [-0.2, 0) is 21.1 Å². The SMILES string of the molecule is [CH3-].[CH3-].[Pt+4].c1cc[cH-]c1.c1cc[cH-]c1. The number of hydrogen-bond acceptors (Lipinski definition) is 0. The maximum Gasteiger partial charge on any atom is 4.00 e. The van der Waals surface area contributed by atoms with Gasteiger partial charge in [0.1, 0.15) is 0 Å². The van der Waals surface area contributed by atoms with Gasteiger partial charge in [-0.05, 0) is 0 Å². The number of hydrogen-bond donors (Lipinski definition) is 0. The van der Waals surface area contributed by atoms with Crippen molar-refractivity contribution in [3.63, 3.8) is 0 Å². The second kappa shape index (κ2) is 13.9. The minimum atomic E-state index is 0. The van der Waals surface area contributed by atoms with Gasteiger partial charge in [-0.3, -0.25) is 0 Å². The molecule has 0 fully saturated rings. The van der Waals surface area contributed by atoms with Crippen LogP contribution in [0.25, 0.3) is 0 Å². The summed E-state index contributed by atoms with van der Waals surface area (Å²) in [6.45, 7) is 0. The van der Waals surface area contributed by atoms with Crippen LogP contribution in [-0.4, -0.2) is 0 Å². The Morgan fingerprint density at radius 3 is 0.846 bits per heavy atom. The summed E-state index contributed by atoms with van der Waals surface area (Å²) in [7, 11) is 0. The summed E-state index contributed by atoms with van der Waals surface area (Å²) >= 11 is 0. The molecule has 2 rings (SSSR count). The second-order valence-electron chi connectivity index (χ2n) is 1.92. The average Bonchev–Trinajstić information content (AvgIpc) is 2.67. The minimum absolute atomic E-state index is 0. The molecule has 0 aliphatic carbocycles. The van der Waals surface area contributed by atoms with Crippen molar-refractivity contribution in [2.24, 2.45) is 0 Å². The largest absolute Gasteiger partial charge is 4.00 e. The molecule has 2 aromatic rings. The molecule has 0 radical (unpaired) electrons. The van der Waals surface area contributed by atoms with E-state index in [0.29, 0.717) is 0 Å². The molecule has 0 heterocycles. The van der Waals surface area contributed by atoms with Crippen LogP contribution in [0.3, 0.4) is 0 Å². The van der Waals surface area contributed by atoms with E-state index in [1.165, 1.54) is 0 Å². The Morgan fingerprint density at radius 2 is 0.769 bits per heavy atom. The third kappa shape index (κ3) is 11.4.